The Hall–Kier alpha value is -1.76. The number of hydrogen-bond donors (Lipinski definition) is 2. The number of aromatic nitrogens is 3. The Morgan fingerprint density at radius 3 is 3.10 bits per heavy atom. The molecule has 0 aromatic carbocycles. The van der Waals surface area contributed by atoms with E-state index in [0.717, 1.165) is 29.6 Å². The molecule has 1 unspecified atom stereocenters. The second kappa shape index (κ2) is 5.70. The summed E-state index contributed by atoms with van der Waals surface area (Å²) in [6, 6.07) is 4.07. The van der Waals surface area contributed by atoms with Gasteiger partial charge in [0.15, 0.2) is 0 Å². The monoisotopic (exact) mass is 287 g/mol. The van der Waals surface area contributed by atoms with Crippen LogP contribution in [0.1, 0.15) is 30.5 Å². The Kier molecular flexibility index (Phi) is 3.77. The lowest BCUT2D eigenvalue weighted by atomic mass is 10.0. The van der Waals surface area contributed by atoms with Gasteiger partial charge in [-0.3, -0.25) is 15.5 Å². The highest BCUT2D eigenvalue weighted by Gasteiger charge is 2.15. The largest absolute Gasteiger partial charge is 0.272 e. The summed E-state index contributed by atoms with van der Waals surface area (Å²) in [6.07, 6.45) is 6.83. The van der Waals surface area contributed by atoms with Crippen LogP contribution in [0, 0.1) is 0 Å². The lowest BCUT2D eigenvalue weighted by molar-refractivity contribution is 0.597. The van der Waals surface area contributed by atoms with E-state index in [9.17, 15) is 0 Å². The summed E-state index contributed by atoms with van der Waals surface area (Å²) in [5.74, 6) is 5.73. The molecule has 104 valence electrons. The van der Waals surface area contributed by atoms with Crippen LogP contribution in [0.4, 0.5) is 0 Å². The second-order valence-corrected chi connectivity index (χ2v) is 5.66. The molecule has 0 fully saturated rings. The van der Waals surface area contributed by atoms with E-state index >= 15 is 0 Å². The zero-order valence-corrected chi connectivity index (χ0v) is 12.1. The van der Waals surface area contributed by atoms with Gasteiger partial charge in [-0.05, 0) is 29.5 Å². The van der Waals surface area contributed by atoms with Crippen LogP contribution in [0.5, 0.6) is 0 Å². The third-order valence-electron chi connectivity index (χ3n) is 3.26. The van der Waals surface area contributed by atoms with Gasteiger partial charge in [-0.25, -0.2) is 5.43 Å². The number of rotatable bonds is 5. The molecule has 0 saturated heterocycles. The van der Waals surface area contributed by atoms with E-state index in [4.69, 9.17) is 5.84 Å². The predicted molar refractivity (Wildman–Crippen MR) is 81.3 cm³/mol. The molecule has 0 bridgehead atoms. The van der Waals surface area contributed by atoms with Crippen molar-refractivity contribution in [2.24, 2.45) is 5.84 Å². The summed E-state index contributed by atoms with van der Waals surface area (Å²) < 4.78 is 3.11. The number of fused-ring (bicyclic) bond motifs is 1. The standard InChI is InChI=1S/C14H17N5S/c1-2-4-19-9-11(8-17-19)14(18-15)10-6-13-12(16-7-10)3-5-20-13/h3,5-9,14,18H,2,4,15H2,1H3. The zero-order valence-electron chi connectivity index (χ0n) is 11.3. The molecule has 3 rings (SSSR count). The van der Waals surface area contributed by atoms with Crippen molar-refractivity contribution >= 4 is 21.6 Å². The van der Waals surface area contributed by atoms with Gasteiger partial charge in [-0.1, -0.05) is 6.92 Å². The van der Waals surface area contributed by atoms with Gasteiger partial charge in [0.1, 0.15) is 0 Å². The summed E-state index contributed by atoms with van der Waals surface area (Å²) in [6.45, 7) is 3.05. The lowest BCUT2D eigenvalue weighted by Gasteiger charge is -2.14. The van der Waals surface area contributed by atoms with Gasteiger partial charge in [0.2, 0.25) is 0 Å². The average molecular weight is 287 g/mol. The summed E-state index contributed by atoms with van der Waals surface area (Å²) in [5, 5.41) is 6.40. The molecule has 1 atom stereocenters. The molecular weight excluding hydrogens is 270 g/mol. The Bertz CT molecular complexity index is 702. The number of hydrazine groups is 1. The maximum Gasteiger partial charge on any atom is 0.0809 e. The predicted octanol–water partition coefficient (Wildman–Crippen LogP) is 2.46. The molecule has 0 aliphatic heterocycles. The lowest BCUT2D eigenvalue weighted by Crippen LogP contribution is -2.28. The molecule has 5 nitrogen and oxygen atoms in total. The fourth-order valence-electron chi connectivity index (χ4n) is 2.28. The van der Waals surface area contributed by atoms with Gasteiger partial charge in [0, 0.05) is 24.5 Å². The molecule has 0 radical (unpaired) electrons. The molecule has 3 heterocycles. The molecule has 3 aromatic heterocycles. The Morgan fingerprint density at radius 1 is 1.40 bits per heavy atom. The number of aryl methyl sites for hydroxylation is 1. The van der Waals surface area contributed by atoms with Crippen molar-refractivity contribution in [1.82, 2.24) is 20.2 Å². The van der Waals surface area contributed by atoms with Gasteiger partial charge in [-0.15, -0.1) is 11.3 Å². The van der Waals surface area contributed by atoms with Crippen LogP contribution in [0.2, 0.25) is 0 Å². The molecule has 20 heavy (non-hydrogen) atoms. The molecule has 3 aromatic rings. The Balaban J connectivity index is 1.94. The minimum Gasteiger partial charge on any atom is -0.272 e. The number of pyridine rings is 1. The van der Waals surface area contributed by atoms with Crippen molar-refractivity contribution in [3.63, 3.8) is 0 Å². The van der Waals surface area contributed by atoms with E-state index in [0.29, 0.717) is 0 Å². The molecule has 3 N–H and O–H groups in total. The summed E-state index contributed by atoms with van der Waals surface area (Å²) in [7, 11) is 0. The minimum absolute atomic E-state index is 0.0837. The molecule has 0 aliphatic rings. The van der Waals surface area contributed by atoms with E-state index in [2.05, 4.69) is 28.5 Å². The minimum atomic E-state index is -0.0837. The van der Waals surface area contributed by atoms with Crippen molar-refractivity contribution in [3.8, 4) is 0 Å². The summed E-state index contributed by atoms with van der Waals surface area (Å²) in [4.78, 5) is 4.47. The van der Waals surface area contributed by atoms with Crippen molar-refractivity contribution in [2.75, 3.05) is 0 Å². The van der Waals surface area contributed by atoms with E-state index in [-0.39, 0.29) is 6.04 Å². The molecule has 0 aliphatic carbocycles. The smallest absolute Gasteiger partial charge is 0.0809 e. The average Bonchev–Trinajstić information content (AvgIpc) is 3.09. The molecule has 0 spiro atoms. The first-order valence-corrected chi connectivity index (χ1v) is 7.51. The number of hydrogen-bond acceptors (Lipinski definition) is 5. The number of thiophene rings is 1. The van der Waals surface area contributed by atoms with Crippen LogP contribution < -0.4 is 11.3 Å². The maximum absolute atomic E-state index is 5.73. The third kappa shape index (κ3) is 2.45. The topological polar surface area (TPSA) is 68.8 Å². The third-order valence-corrected chi connectivity index (χ3v) is 4.12. The highest BCUT2D eigenvalue weighted by Crippen LogP contribution is 2.26. The fourth-order valence-corrected chi connectivity index (χ4v) is 3.07. The normalized spacial score (nSPS) is 12.9. The molecular formula is C14H17N5S. The Morgan fingerprint density at radius 2 is 2.30 bits per heavy atom. The van der Waals surface area contributed by atoms with Crippen LogP contribution in [0.3, 0.4) is 0 Å². The Labute approximate surface area is 121 Å². The number of nitrogens with zero attached hydrogens (tertiary/aromatic N) is 3. The van der Waals surface area contributed by atoms with Crippen LogP contribution in [0.15, 0.2) is 36.1 Å². The first-order chi connectivity index (χ1) is 9.81. The van der Waals surface area contributed by atoms with Gasteiger partial charge >= 0.3 is 0 Å². The van der Waals surface area contributed by atoms with Crippen LogP contribution in [-0.4, -0.2) is 14.8 Å². The maximum atomic E-state index is 5.73. The first kappa shape index (κ1) is 13.2. The molecule has 6 heteroatoms. The molecule has 0 amide bonds. The van der Waals surface area contributed by atoms with Gasteiger partial charge in [0.25, 0.3) is 0 Å². The zero-order chi connectivity index (χ0) is 13.9. The van der Waals surface area contributed by atoms with Crippen molar-refractivity contribution in [2.45, 2.75) is 25.9 Å². The van der Waals surface area contributed by atoms with Crippen molar-refractivity contribution in [3.05, 3.63) is 47.2 Å². The molecule has 0 saturated carbocycles. The van der Waals surface area contributed by atoms with E-state index < -0.39 is 0 Å². The van der Waals surface area contributed by atoms with E-state index in [1.54, 1.807) is 11.3 Å². The first-order valence-electron chi connectivity index (χ1n) is 6.63. The highest BCUT2D eigenvalue weighted by molar-refractivity contribution is 7.17. The van der Waals surface area contributed by atoms with Crippen molar-refractivity contribution in [1.29, 1.82) is 0 Å². The second-order valence-electron chi connectivity index (χ2n) is 4.71. The number of nitrogens with one attached hydrogen (secondary N) is 1. The van der Waals surface area contributed by atoms with Crippen LogP contribution in [0.25, 0.3) is 10.2 Å². The van der Waals surface area contributed by atoms with Crippen LogP contribution in [-0.2, 0) is 6.54 Å². The SMILES string of the molecule is CCCn1cc(C(NN)c2cnc3ccsc3c2)cn1. The summed E-state index contributed by atoms with van der Waals surface area (Å²) >= 11 is 1.69. The van der Waals surface area contributed by atoms with Gasteiger partial charge in [0.05, 0.1) is 22.5 Å². The van der Waals surface area contributed by atoms with E-state index in [1.807, 2.05) is 34.7 Å². The van der Waals surface area contributed by atoms with Gasteiger partial charge in [-0.2, -0.15) is 5.10 Å². The summed E-state index contributed by atoms with van der Waals surface area (Å²) in [5.41, 5.74) is 5.99. The van der Waals surface area contributed by atoms with Crippen LogP contribution >= 0.6 is 11.3 Å². The quantitative estimate of drug-likeness (QED) is 0.558. The fraction of sp³-hybridized carbons (Fsp3) is 0.286. The van der Waals surface area contributed by atoms with E-state index in [1.165, 1.54) is 4.70 Å². The number of nitrogens with two attached hydrogens (primary N) is 1. The highest BCUT2D eigenvalue weighted by atomic mass is 32.1. The van der Waals surface area contributed by atoms with Gasteiger partial charge < -0.3 is 0 Å². The van der Waals surface area contributed by atoms with Crippen molar-refractivity contribution < 1.29 is 0 Å².